The van der Waals surface area contributed by atoms with Crippen LogP contribution in [0.15, 0.2) is 66.7 Å². The first-order valence-corrected chi connectivity index (χ1v) is 9.95. The van der Waals surface area contributed by atoms with E-state index in [1.807, 2.05) is 60.7 Å². The van der Waals surface area contributed by atoms with Gasteiger partial charge >= 0.3 is 0 Å². The molecule has 0 saturated carbocycles. The van der Waals surface area contributed by atoms with Gasteiger partial charge in [0.15, 0.2) is 0 Å². The van der Waals surface area contributed by atoms with Gasteiger partial charge in [0, 0.05) is 25.7 Å². The number of rotatable bonds is 5. The summed E-state index contributed by atoms with van der Waals surface area (Å²) in [7, 11) is 1.64. The predicted octanol–water partition coefficient (Wildman–Crippen LogP) is 2.47. The molecule has 0 aliphatic carbocycles. The van der Waals surface area contributed by atoms with E-state index in [0.29, 0.717) is 37.7 Å². The highest BCUT2D eigenvalue weighted by molar-refractivity contribution is 5.96. The Bertz CT molecular complexity index is 1010. The highest BCUT2D eigenvalue weighted by atomic mass is 16.5. The van der Waals surface area contributed by atoms with Crippen LogP contribution < -0.4 is 0 Å². The molecule has 7 heteroatoms. The molecule has 1 aliphatic rings. The highest BCUT2D eigenvalue weighted by Gasteiger charge is 2.24. The van der Waals surface area contributed by atoms with Crippen LogP contribution in [0.4, 0.5) is 0 Å². The number of hydrogen-bond donors (Lipinski definition) is 0. The van der Waals surface area contributed by atoms with E-state index < -0.39 is 0 Å². The second-order valence-corrected chi connectivity index (χ2v) is 7.18. The third-order valence-electron chi connectivity index (χ3n) is 5.08. The minimum Gasteiger partial charge on any atom is -0.378 e. The molecule has 2 aromatic carbocycles. The van der Waals surface area contributed by atoms with Crippen LogP contribution in [0.5, 0.6) is 0 Å². The van der Waals surface area contributed by atoms with Crippen LogP contribution in [-0.2, 0) is 9.53 Å². The van der Waals surface area contributed by atoms with Crippen LogP contribution in [0, 0.1) is 0 Å². The van der Waals surface area contributed by atoms with Crippen LogP contribution in [0.3, 0.4) is 0 Å². The molecule has 30 heavy (non-hydrogen) atoms. The molecule has 0 unspecified atom stereocenters. The topological polar surface area (TPSA) is 67.7 Å². The molecule has 1 saturated heterocycles. The summed E-state index contributed by atoms with van der Waals surface area (Å²) in [6.07, 6.45) is 0. The van der Waals surface area contributed by atoms with Crippen LogP contribution in [-0.4, -0.2) is 71.3 Å². The Hall–Kier alpha value is -3.45. The third kappa shape index (κ3) is 4.26. The normalized spacial score (nSPS) is 13.8. The second kappa shape index (κ2) is 8.92. The van der Waals surface area contributed by atoms with E-state index >= 15 is 0 Å². The summed E-state index contributed by atoms with van der Waals surface area (Å²) in [6.45, 7) is 2.19. The van der Waals surface area contributed by atoms with Gasteiger partial charge in [-0.15, -0.1) is 0 Å². The lowest BCUT2D eigenvalue weighted by Crippen LogP contribution is -2.46. The van der Waals surface area contributed by atoms with Crippen molar-refractivity contribution in [2.75, 3.05) is 39.9 Å². The molecule has 0 N–H and O–H groups in total. The smallest absolute Gasteiger partial charge is 0.272 e. The quantitative estimate of drug-likeness (QED) is 0.655. The monoisotopic (exact) mass is 404 g/mol. The van der Waals surface area contributed by atoms with E-state index in [2.05, 4.69) is 5.10 Å². The molecule has 0 radical (unpaired) electrons. The van der Waals surface area contributed by atoms with Crippen LogP contribution in [0.25, 0.3) is 16.9 Å². The molecule has 1 fully saturated rings. The van der Waals surface area contributed by atoms with Gasteiger partial charge in [-0.05, 0) is 18.2 Å². The largest absolute Gasteiger partial charge is 0.378 e. The summed E-state index contributed by atoms with van der Waals surface area (Å²) in [5.74, 6) is -0.335. The fourth-order valence-electron chi connectivity index (χ4n) is 3.43. The van der Waals surface area contributed by atoms with Crippen molar-refractivity contribution in [1.82, 2.24) is 19.6 Å². The molecule has 154 valence electrons. The van der Waals surface area contributed by atoms with Crippen molar-refractivity contribution in [1.29, 1.82) is 0 Å². The Morgan fingerprint density at radius 2 is 1.63 bits per heavy atom. The number of nitrogens with zero attached hydrogens (tertiary/aromatic N) is 4. The summed E-state index contributed by atoms with van der Waals surface area (Å²) < 4.78 is 6.93. The lowest BCUT2D eigenvalue weighted by Gasteiger charge is -2.28. The van der Waals surface area contributed by atoms with Crippen LogP contribution in [0.2, 0.25) is 0 Å². The van der Waals surface area contributed by atoms with Gasteiger partial charge in [0.05, 0.1) is 31.1 Å². The summed E-state index contributed by atoms with van der Waals surface area (Å²) in [5, 5.41) is 4.68. The molecule has 3 aromatic rings. The van der Waals surface area contributed by atoms with E-state index in [1.54, 1.807) is 22.7 Å². The molecular weight excluding hydrogens is 380 g/mol. The molecule has 2 heterocycles. The van der Waals surface area contributed by atoms with Gasteiger partial charge in [0.2, 0.25) is 5.91 Å². The first-order valence-electron chi connectivity index (χ1n) is 9.95. The van der Waals surface area contributed by atoms with E-state index in [1.165, 1.54) is 4.90 Å². The van der Waals surface area contributed by atoms with Gasteiger partial charge < -0.3 is 14.5 Å². The average Bonchev–Trinajstić information content (AvgIpc) is 3.26. The van der Waals surface area contributed by atoms with Crippen molar-refractivity contribution < 1.29 is 14.3 Å². The second-order valence-electron chi connectivity index (χ2n) is 7.18. The molecule has 4 rings (SSSR count). The molecule has 1 aromatic heterocycles. The zero-order chi connectivity index (χ0) is 20.9. The van der Waals surface area contributed by atoms with Crippen molar-refractivity contribution >= 4 is 11.8 Å². The maximum Gasteiger partial charge on any atom is 0.272 e. The molecule has 0 spiro atoms. The molecule has 0 atom stereocenters. The van der Waals surface area contributed by atoms with Crippen LogP contribution >= 0.6 is 0 Å². The fourth-order valence-corrected chi connectivity index (χ4v) is 3.43. The summed E-state index contributed by atoms with van der Waals surface area (Å²) in [4.78, 5) is 29.0. The number of hydrogen-bond acceptors (Lipinski definition) is 4. The van der Waals surface area contributed by atoms with Gasteiger partial charge in [0.1, 0.15) is 5.69 Å². The maximum atomic E-state index is 13.3. The minimum absolute atomic E-state index is 0.0134. The number of likely N-dealkylation sites (N-methyl/N-ethyl adjacent to an activating group) is 1. The first-order chi connectivity index (χ1) is 14.6. The van der Waals surface area contributed by atoms with E-state index in [0.717, 1.165) is 11.3 Å². The van der Waals surface area contributed by atoms with E-state index in [4.69, 9.17) is 4.74 Å². The van der Waals surface area contributed by atoms with Gasteiger partial charge in [-0.3, -0.25) is 9.59 Å². The summed E-state index contributed by atoms with van der Waals surface area (Å²) in [6, 6.07) is 21.0. The van der Waals surface area contributed by atoms with Crippen molar-refractivity contribution in [3.8, 4) is 16.9 Å². The number of para-hydroxylation sites is 1. The Kier molecular flexibility index (Phi) is 5.90. The standard InChI is InChI=1S/C23H24N4O3/c1-25(17-22(28)26-12-14-30-15-13-26)23(29)21-16-20(18-8-4-2-5-9-18)24-27(21)19-10-6-3-7-11-19/h2-11,16H,12-15,17H2,1H3. The summed E-state index contributed by atoms with van der Waals surface area (Å²) >= 11 is 0. The third-order valence-corrected chi connectivity index (χ3v) is 5.08. The van der Waals surface area contributed by atoms with Crippen molar-refractivity contribution in [3.05, 3.63) is 72.4 Å². The van der Waals surface area contributed by atoms with Crippen LogP contribution in [0.1, 0.15) is 10.5 Å². The Balaban J connectivity index is 1.62. The molecule has 7 nitrogen and oxygen atoms in total. The number of benzene rings is 2. The van der Waals surface area contributed by atoms with Crippen molar-refractivity contribution in [2.24, 2.45) is 0 Å². The zero-order valence-electron chi connectivity index (χ0n) is 16.9. The summed E-state index contributed by atoms with van der Waals surface area (Å²) in [5.41, 5.74) is 2.83. The number of aromatic nitrogens is 2. The number of morpholine rings is 1. The number of carbonyl (C=O) groups is 2. The van der Waals surface area contributed by atoms with Gasteiger partial charge in [-0.25, -0.2) is 4.68 Å². The lowest BCUT2D eigenvalue weighted by molar-refractivity contribution is -0.135. The van der Waals surface area contributed by atoms with Crippen molar-refractivity contribution in [3.63, 3.8) is 0 Å². The van der Waals surface area contributed by atoms with E-state index in [-0.39, 0.29) is 18.4 Å². The Morgan fingerprint density at radius 1 is 1.00 bits per heavy atom. The zero-order valence-corrected chi connectivity index (χ0v) is 16.9. The molecule has 0 bridgehead atoms. The minimum atomic E-state index is -0.254. The Labute approximate surface area is 175 Å². The number of carbonyl (C=O) groups excluding carboxylic acids is 2. The molecule has 1 aliphatic heterocycles. The fraction of sp³-hybridized carbons (Fsp3) is 0.261. The number of ether oxygens (including phenoxy) is 1. The van der Waals surface area contributed by atoms with E-state index in [9.17, 15) is 9.59 Å². The van der Waals surface area contributed by atoms with Gasteiger partial charge in [0.25, 0.3) is 5.91 Å². The predicted molar refractivity (Wildman–Crippen MR) is 113 cm³/mol. The van der Waals surface area contributed by atoms with Crippen molar-refractivity contribution in [2.45, 2.75) is 0 Å². The lowest BCUT2D eigenvalue weighted by atomic mass is 10.1. The average molecular weight is 404 g/mol. The maximum absolute atomic E-state index is 13.3. The molecule has 2 amide bonds. The first kappa shape index (κ1) is 19.8. The Morgan fingerprint density at radius 3 is 2.30 bits per heavy atom. The van der Waals surface area contributed by atoms with Gasteiger partial charge in [-0.1, -0.05) is 48.5 Å². The number of amides is 2. The highest BCUT2D eigenvalue weighted by Crippen LogP contribution is 2.22. The SMILES string of the molecule is CN(CC(=O)N1CCOCC1)C(=O)c1cc(-c2ccccc2)nn1-c1ccccc1. The van der Waals surface area contributed by atoms with Gasteiger partial charge in [-0.2, -0.15) is 5.10 Å². The molecular formula is C23H24N4O3.